The largest absolute Gasteiger partial charge is 0.370 e. The standard InChI is InChI=1S/C9H12N4S.C3H8/c10-8(11)13-9(12)14-6-7-4-2-1-3-5-7;1-3-2/h1-5H,6H2,(H5,10,11,12,13);3H2,1-2H3. The molecule has 0 saturated heterocycles. The van der Waals surface area contributed by atoms with E-state index < -0.39 is 0 Å². The SMILES string of the molecule is CCC.N=C(N=C(N)N)SCc1ccccc1. The van der Waals surface area contributed by atoms with Crippen molar-refractivity contribution >= 4 is 22.9 Å². The molecule has 0 heterocycles. The quantitative estimate of drug-likeness (QED) is 0.558. The van der Waals surface area contributed by atoms with Gasteiger partial charge in [0.1, 0.15) is 0 Å². The molecule has 0 aliphatic heterocycles. The fraction of sp³-hybridized carbons (Fsp3) is 0.333. The summed E-state index contributed by atoms with van der Waals surface area (Å²) in [5.74, 6) is 0.631. The van der Waals surface area contributed by atoms with Gasteiger partial charge in [-0.3, -0.25) is 5.41 Å². The van der Waals surface area contributed by atoms with Crippen molar-refractivity contribution in [2.24, 2.45) is 16.5 Å². The number of benzene rings is 1. The van der Waals surface area contributed by atoms with Gasteiger partial charge in [0.25, 0.3) is 0 Å². The zero-order valence-corrected chi connectivity index (χ0v) is 11.1. The predicted octanol–water partition coefficient (Wildman–Crippen LogP) is 2.54. The summed E-state index contributed by atoms with van der Waals surface area (Å²) in [7, 11) is 0. The second-order valence-corrected chi connectivity index (χ2v) is 4.29. The van der Waals surface area contributed by atoms with Crippen molar-refractivity contribution in [1.29, 1.82) is 5.41 Å². The number of rotatable bonds is 2. The summed E-state index contributed by atoms with van der Waals surface area (Å²) in [4.78, 5) is 3.61. The molecule has 0 unspecified atom stereocenters. The van der Waals surface area contributed by atoms with E-state index in [-0.39, 0.29) is 11.1 Å². The van der Waals surface area contributed by atoms with Crippen molar-refractivity contribution in [2.45, 2.75) is 26.0 Å². The Morgan fingerprint density at radius 2 is 1.76 bits per heavy atom. The van der Waals surface area contributed by atoms with Crippen LogP contribution in [0.2, 0.25) is 0 Å². The summed E-state index contributed by atoms with van der Waals surface area (Å²) in [5.41, 5.74) is 11.4. The minimum atomic E-state index is -0.0736. The van der Waals surface area contributed by atoms with Crippen LogP contribution in [0.25, 0.3) is 0 Å². The minimum Gasteiger partial charge on any atom is -0.370 e. The summed E-state index contributed by atoms with van der Waals surface area (Å²) >= 11 is 1.29. The number of aliphatic imine (C=N–C) groups is 1. The predicted molar refractivity (Wildman–Crippen MR) is 77.2 cm³/mol. The fourth-order valence-electron chi connectivity index (χ4n) is 0.875. The Kier molecular flexibility index (Phi) is 8.86. The smallest absolute Gasteiger partial charge is 0.193 e. The molecular formula is C12H20N4S. The van der Waals surface area contributed by atoms with Crippen LogP contribution in [0.3, 0.4) is 0 Å². The molecule has 0 radical (unpaired) electrons. The maximum atomic E-state index is 7.38. The molecule has 0 amide bonds. The highest BCUT2D eigenvalue weighted by Gasteiger charge is 1.97. The van der Waals surface area contributed by atoms with E-state index in [1.807, 2.05) is 30.3 Å². The van der Waals surface area contributed by atoms with Gasteiger partial charge >= 0.3 is 0 Å². The van der Waals surface area contributed by atoms with E-state index in [0.717, 1.165) is 5.56 Å². The molecule has 4 nitrogen and oxygen atoms in total. The van der Waals surface area contributed by atoms with Gasteiger partial charge in [-0.25, -0.2) is 0 Å². The van der Waals surface area contributed by atoms with E-state index in [0.29, 0.717) is 5.75 Å². The summed E-state index contributed by atoms with van der Waals surface area (Å²) in [5, 5.41) is 7.52. The van der Waals surface area contributed by atoms with Crippen LogP contribution < -0.4 is 11.5 Å². The van der Waals surface area contributed by atoms with Crippen molar-refractivity contribution in [2.75, 3.05) is 0 Å². The number of amidine groups is 1. The number of nitrogens with zero attached hydrogens (tertiary/aromatic N) is 1. The van der Waals surface area contributed by atoms with Gasteiger partial charge < -0.3 is 11.5 Å². The lowest BCUT2D eigenvalue weighted by molar-refractivity contribution is 1.09. The second-order valence-electron chi connectivity index (χ2n) is 3.32. The molecular weight excluding hydrogens is 232 g/mol. The van der Waals surface area contributed by atoms with E-state index in [2.05, 4.69) is 18.8 Å². The molecule has 17 heavy (non-hydrogen) atoms. The molecule has 94 valence electrons. The monoisotopic (exact) mass is 252 g/mol. The van der Waals surface area contributed by atoms with Crippen LogP contribution >= 0.6 is 11.8 Å². The van der Waals surface area contributed by atoms with E-state index in [1.54, 1.807) is 0 Å². The summed E-state index contributed by atoms with van der Waals surface area (Å²) in [6.45, 7) is 4.25. The van der Waals surface area contributed by atoms with Crippen molar-refractivity contribution in [3.8, 4) is 0 Å². The number of nitrogens with one attached hydrogen (secondary N) is 1. The Balaban J connectivity index is 0.000000770. The molecule has 0 fully saturated rings. The van der Waals surface area contributed by atoms with Crippen molar-refractivity contribution in [3.05, 3.63) is 35.9 Å². The van der Waals surface area contributed by atoms with Crippen LogP contribution in [0.1, 0.15) is 25.8 Å². The lowest BCUT2D eigenvalue weighted by atomic mass is 10.2. The first-order valence-electron chi connectivity index (χ1n) is 5.45. The van der Waals surface area contributed by atoms with E-state index in [1.165, 1.54) is 18.2 Å². The molecule has 0 aromatic heterocycles. The van der Waals surface area contributed by atoms with Gasteiger partial charge in [-0.1, -0.05) is 62.4 Å². The molecule has 0 atom stereocenters. The zero-order chi connectivity index (χ0) is 13.1. The Hall–Kier alpha value is -1.49. The first kappa shape index (κ1) is 15.5. The lowest BCUT2D eigenvalue weighted by Crippen LogP contribution is -2.23. The van der Waals surface area contributed by atoms with Crippen LogP contribution in [0.4, 0.5) is 0 Å². The number of hydrogen-bond acceptors (Lipinski definition) is 2. The molecule has 1 aromatic rings. The van der Waals surface area contributed by atoms with Crippen molar-refractivity contribution in [3.63, 3.8) is 0 Å². The zero-order valence-electron chi connectivity index (χ0n) is 10.3. The molecule has 1 rings (SSSR count). The van der Waals surface area contributed by atoms with Crippen molar-refractivity contribution in [1.82, 2.24) is 0 Å². The highest BCUT2D eigenvalue weighted by Crippen LogP contribution is 2.12. The molecule has 5 N–H and O–H groups in total. The van der Waals surface area contributed by atoms with Gasteiger partial charge in [-0.05, 0) is 5.56 Å². The minimum absolute atomic E-state index is 0.0736. The number of guanidine groups is 1. The van der Waals surface area contributed by atoms with Crippen molar-refractivity contribution < 1.29 is 0 Å². The molecule has 1 aromatic carbocycles. The average Bonchev–Trinajstić information content (AvgIpc) is 2.28. The molecule has 0 aliphatic rings. The fourth-order valence-corrected chi connectivity index (χ4v) is 1.54. The maximum Gasteiger partial charge on any atom is 0.193 e. The highest BCUT2D eigenvalue weighted by atomic mass is 32.2. The summed E-state index contributed by atoms with van der Waals surface area (Å²) in [6.07, 6.45) is 1.25. The third-order valence-electron chi connectivity index (χ3n) is 1.45. The van der Waals surface area contributed by atoms with Crippen LogP contribution in [0, 0.1) is 5.41 Å². The maximum absolute atomic E-state index is 7.38. The van der Waals surface area contributed by atoms with Crippen LogP contribution in [0.5, 0.6) is 0 Å². The Labute approximate surface area is 107 Å². The third kappa shape index (κ3) is 9.44. The Bertz CT molecular complexity index is 345. The van der Waals surface area contributed by atoms with Gasteiger partial charge in [-0.2, -0.15) is 4.99 Å². The first-order chi connectivity index (χ1) is 8.10. The Morgan fingerprint density at radius 1 is 1.24 bits per heavy atom. The molecule has 5 heteroatoms. The normalized spacial score (nSPS) is 8.82. The Morgan fingerprint density at radius 3 is 2.24 bits per heavy atom. The number of nitrogens with two attached hydrogens (primary N) is 2. The van der Waals surface area contributed by atoms with Crippen LogP contribution in [-0.4, -0.2) is 11.1 Å². The molecule has 0 saturated carbocycles. The van der Waals surface area contributed by atoms with Crippen LogP contribution in [0.15, 0.2) is 35.3 Å². The van der Waals surface area contributed by atoms with E-state index in [4.69, 9.17) is 16.9 Å². The highest BCUT2D eigenvalue weighted by molar-refractivity contribution is 8.13. The van der Waals surface area contributed by atoms with Gasteiger partial charge in [0.2, 0.25) is 0 Å². The third-order valence-corrected chi connectivity index (χ3v) is 2.29. The van der Waals surface area contributed by atoms with Crippen LogP contribution in [-0.2, 0) is 5.75 Å². The van der Waals surface area contributed by atoms with E-state index in [9.17, 15) is 0 Å². The number of hydrogen-bond donors (Lipinski definition) is 3. The van der Waals surface area contributed by atoms with Gasteiger partial charge in [-0.15, -0.1) is 0 Å². The lowest BCUT2D eigenvalue weighted by Gasteiger charge is -1.99. The van der Waals surface area contributed by atoms with Gasteiger partial charge in [0.05, 0.1) is 0 Å². The second kappa shape index (κ2) is 9.72. The number of thioether (sulfide) groups is 1. The molecule has 0 bridgehead atoms. The van der Waals surface area contributed by atoms with Gasteiger partial charge in [0.15, 0.2) is 11.1 Å². The summed E-state index contributed by atoms with van der Waals surface area (Å²) in [6, 6.07) is 9.86. The molecule has 0 aliphatic carbocycles. The average molecular weight is 252 g/mol. The summed E-state index contributed by atoms with van der Waals surface area (Å²) < 4.78 is 0. The topological polar surface area (TPSA) is 88.2 Å². The molecule has 0 spiro atoms. The van der Waals surface area contributed by atoms with Gasteiger partial charge in [0, 0.05) is 5.75 Å². The van der Waals surface area contributed by atoms with E-state index >= 15 is 0 Å². The first-order valence-corrected chi connectivity index (χ1v) is 6.43.